The summed E-state index contributed by atoms with van der Waals surface area (Å²) in [6.07, 6.45) is 1.70. The van der Waals surface area contributed by atoms with Gasteiger partial charge in [0.15, 0.2) is 5.13 Å². The zero-order valence-electron chi connectivity index (χ0n) is 12.8. The summed E-state index contributed by atoms with van der Waals surface area (Å²) >= 11 is 1.40. The van der Waals surface area contributed by atoms with E-state index in [0.29, 0.717) is 10.7 Å². The molecule has 1 heterocycles. The Morgan fingerprint density at radius 2 is 1.86 bits per heavy atom. The fraction of sp³-hybridized carbons (Fsp3) is 0.312. The summed E-state index contributed by atoms with van der Waals surface area (Å²) in [5, 5.41) is 6.08. The van der Waals surface area contributed by atoms with E-state index in [4.69, 9.17) is 0 Å². The molecular weight excluding hydrogens is 298 g/mol. The molecule has 116 valence electrons. The van der Waals surface area contributed by atoms with Gasteiger partial charge >= 0.3 is 0 Å². The summed E-state index contributed by atoms with van der Waals surface area (Å²) in [7, 11) is 0. The quantitative estimate of drug-likeness (QED) is 0.891. The van der Waals surface area contributed by atoms with Crippen LogP contribution in [0.1, 0.15) is 29.1 Å². The predicted molar refractivity (Wildman–Crippen MR) is 88.0 cm³/mol. The topological polar surface area (TPSA) is 71.1 Å². The Hall–Kier alpha value is -2.21. The van der Waals surface area contributed by atoms with Crippen LogP contribution in [0.15, 0.2) is 36.5 Å². The number of amides is 2. The Labute approximate surface area is 133 Å². The first-order chi connectivity index (χ1) is 10.5. The second kappa shape index (κ2) is 7.17. The second-order valence-corrected chi connectivity index (χ2v) is 6.56. The van der Waals surface area contributed by atoms with E-state index in [1.54, 1.807) is 30.5 Å². The van der Waals surface area contributed by atoms with Crippen LogP contribution in [0.3, 0.4) is 0 Å². The molecule has 1 unspecified atom stereocenters. The fourth-order valence-electron chi connectivity index (χ4n) is 1.94. The molecule has 5 nitrogen and oxygen atoms in total. The largest absolute Gasteiger partial charge is 0.340 e. The minimum Gasteiger partial charge on any atom is -0.340 e. The van der Waals surface area contributed by atoms with Crippen LogP contribution in [-0.4, -0.2) is 22.8 Å². The molecule has 22 heavy (non-hydrogen) atoms. The van der Waals surface area contributed by atoms with Gasteiger partial charge in [-0.2, -0.15) is 0 Å². The van der Waals surface area contributed by atoms with E-state index in [1.807, 2.05) is 26.8 Å². The van der Waals surface area contributed by atoms with E-state index in [9.17, 15) is 9.59 Å². The summed E-state index contributed by atoms with van der Waals surface area (Å²) < 4.78 is 0. The highest BCUT2D eigenvalue weighted by Gasteiger charge is 2.25. The van der Waals surface area contributed by atoms with Crippen molar-refractivity contribution in [1.29, 1.82) is 0 Å². The first-order valence-corrected chi connectivity index (χ1v) is 7.88. The van der Waals surface area contributed by atoms with E-state index in [1.165, 1.54) is 11.3 Å². The van der Waals surface area contributed by atoms with Crippen LogP contribution in [0.5, 0.6) is 0 Å². The summed E-state index contributed by atoms with van der Waals surface area (Å²) in [6, 6.07) is 8.24. The van der Waals surface area contributed by atoms with Gasteiger partial charge < -0.3 is 10.6 Å². The number of rotatable bonds is 5. The number of carbonyl (C=O) groups excluding carboxylic acids is 2. The van der Waals surface area contributed by atoms with Crippen LogP contribution in [0.25, 0.3) is 0 Å². The zero-order chi connectivity index (χ0) is 16.1. The Bertz CT molecular complexity index is 652. The van der Waals surface area contributed by atoms with Crippen molar-refractivity contribution in [3.05, 3.63) is 47.0 Å². The molecule has 0 spiro atoms. The number of carbonyl (C=O) groups is 2. The lowest BCUT2D eigenvalue weighted by molar-refractivity contribution is -0.118. The number of hydrogen-bond donors (Lipinski definition) is 2. The van der Waals surface area contributed by atoms with Gasteiger partial charge in [-0.1, -0.05) is 32.0 Å². The zero-order valence-corrected chi connectivity index (χ0v) is 13.6. The monoisotopic (exact) mass is 317 g/mol. The van der Waals surface area contributed by atoms with Gasteiger partial charge in [-0.25, -0.2) is 4.98 Å². The third kappa shape index (κ3) is 4.14. The van der Waals surface area contributed by atoms with Gasteiger partial charge in [0.25, 0.3) is 5.91 Å². The van der Waals surface area contributed by atoms with Gasteiger partial charge in [-0.15, -0.1) is 11.3 Å². The van der Waals surface area contributed by atoms with Crippen molar-refractivity contribution in [2.24, 2.45) is 5.92 Å². The van der Waals surface area contributed by atoms with Gasteiger partial charge in [0.1, 0.15) is 6.04 Å². The Morgan fingerprint density at radius 3 is 2.41 bits per heavy atom. The Kier molecular flexibility index (Phi) is 5.27. The maximum Gasteiger partial charge on any atom is 0.251 e. The van der Waals surface area contributed by atoms with Crippen LogP contribution in [0.4, 0.5) is 5.13 Å². The van der Waals surface area contributed by atoms with E-state index in [-0.39, 0.29) is 17.7 Å². The Balaban J connectivity index is 2.06. The molecule has 6 heteroatoms. The number of benzene rings is 1. The second-order valence-electron chi connectivity index (χ2n) is 5.33. The summed E-state index contributed by atoms with van der Waals surface area (Å²) in [4.78, 5) is 29.7. The van der Waals surface area contributed by atoms with Crippen molar-refractivity contribution < 1.29 is 9.59 Å². The number of aromatic nitrogens is 1. The maximum absolute atomic E-state index is 12.4. The molecule has 0 fully saturated rings. The molecule has 2 rings (SSSR count). The normalized spacial score (nSPS) is 12.0. The van der Waals surface area contributed by atoms with Crippen molar-refractivity contribution >= 4 is 28.3 Å². The third-order valence-electron chi connectivity index (χ3n) is 3.12. The van der Waals surface area contributed by atoms with Crippen molar-refractivity contribution in [1.82, 2.24) is 10.3 Å². The van der Waals surface area contributed by atoms with E-state index in [2.05, 4.69) is 15.6 Å². The molecule has 0 radical (unpaired) electrons. The highest BCUT2D eigenvalue weighted by Crippen LogP contribution is 2.17. The third-order valence-corrected chi connectivity index (χ3v) is 3.95. The molecule has 0 aliphatic carbocycles. The lowest BCUT2D eigenvalue weighted by Gasteiger charge is -2.21. The molecule has 0 aliphatic heterocycles. The predicted octanol–water partition coefficient (Wildman–Crippen LogP) is 2.84. The average molecular weight is 317 g/mol. The smallest absolute Gasteiger partial charge is 0.251 e. The molecule has 0 saturated carbocycles. The van der Waals surface area contributed by atoms with Crippen molar-refractivity contribution in [3.8, 4) is 0 Å². The number of nitrogens with zero attached hydrogens (tertiary/aromatic N) is 1. The van der Waals surface area contributed by atoms with Crippen LogP contribution < -0.4 is 10.6 Å². The lowest BCUT2D eigenvalue weighted by Crippen LogP contribution is -2.47. The first-order valence-electron chi connectivity index (χ1n) is 7.06. The molecule has 2 N–H and O–H groups in total. The molecule has 0 aliphatic rings. The SMILES string of the molecule is Cc1cnc(NC(=O)C(NC(=O)c2ccccc2)C(C)C)s1. The van der Waals surface area contributed by atoms with Gasteiger partial charge in [0.2, 0.25) is 5.91 Å². The molecule has 0 saturated heterocycles. The highest BCUT2D eigenvalue weighted by molar-refractivity contribution is 7.15. The Morgan fingerprint density at radius 1 is 1.18 bits per heavy atom. The molecule has 2 amide bonds. The molecule has 0 bridgehead atoms. The van der Waals surface area contributed by atoms with Crippen molar-refractivity contribution in [3.63, 3.8) is 0 Å². The fourth-order valence-corrected chi connectivity index (χ4v) is 2.61. The maximum atomic E-state index is 12.4. The first kappa shape index (κ1) is 16.2. The molecule has 1 atom stereocenters. The standard InChI is InChI=1S/C16H19N3O2S/c1-10(2)13(15(21)19-16-17-9-11(3)22-16)18-14(20)12-7-5-4-6-8-12/h4-10,13H,1-3H3,(H,18,20)(H,17,19,21). The molecule has 1 aromatic heterocycles. The van der Waals surface area contributed by atoms with E-state index >= 15 is 0 Å². The molecule has 2 aromatic rings. The molecular formula is C16H19N3O2S. The van der Waals surface area contributed by atoms with Crippen LogP contribution in [0, 0.1) is 12.8 Å². The van der Waals surface area contributed by atoms with Gasteiger partial charge in [-0.3, -0.25) is 9.59 Å². The van der Waals surface area contributed by atoms with Crippen LogP contribution >= 0.6 is 11.3 Å². The van der Waals surface area contributed by atoms with E-state index < -0.39 is 6.04 Å². The van der Waals surface area contributed by atoms with Gasteiger partial charge in [-0.05, 0) is 25.0 Å². The number of anilines is 1. The van der Waals surface area contributed by atoms with E-state index in [0.717, 1.165) is 4.88 Å². The minimum absolute atomic E-state index is 0.0336. The van der Waals surface area contributed by atoms with Crippen LogP contribution in [-0.2, 0) is 4.79 Å². The lowest BCUT2D eigenvalue weighted by atomic mass is 10.0. The van der Waals surface area contributed by atoms with Crippen LogP contribution in [0.2, 0.25) is 0 Å². The number of hydrogen-bond acceptors (Lipinski definition) is 4. The van der Waals surface area contributed by atoms with Gasteiger partial charge in [0, 0.05) is 16.6 Å². The number of aryl methyl sites for hydroxylation is 1. The summed E-state index contributed by atoms with van der Waals surface area (Å²) in [5.41, 5.74) is 0.533. The van der Waals surface area contributed by atoms with Crippen molar-refractivity contribution in [2.75, 3.05) is 5.32 Å². The summed E-state index contributed by atoms with van der Waals surface area (Å²) in [6.45, 7) is 5.70. The van der Waals surface area contributed by atoms with Gasteiger partial charge in [0.05, 0.1) is 0 Å². The average Bonchev–Trinajstić information content (AvgIpc) is 2.90. The number of thiazole rings is 1. The minimum atomic E-state index is -0.614. The van der Waals surface area contributed by atoms with Crippen molar-refractivity contribution in [2.45, 2.75) is 26.8 Å². The number of nitrogens with one attached hydrogen (secondary N) is 2. The molecule has 1 aromatic carbocycles. The summed E-state index contributed by atoms with van der Waals surface area (Å²) in [5.74, 6) is -0.549. The highest BCUT2D eigenvalue weighted by atomic mass is 32.1.